The highest BCUT2D eigenvalue weighted by molar-refractivity contribution is 5.87. The van der Waals surface area contributed by atoms with E-state index in [4.69, 9.17) is 0 Å². The summed E-state index contributed by atoms with van der Waals surface area (Å²) >= 11 is 0. The number of hydrogen-bond acceptors (Lipinski definition) is 2. The fourth-order valence-electron chi connectivity index (χ4n) is 14.0. The summed E-state index contributed by atoms with van der Waals surface area (Å²) in [5.74, 6) is 3.48. The minimum Gasteiger partial charge on any atom is -0.481 e. The maximum atomic E-state index is 14.6. The third-order valence-electron chi connectivity index (χ3n) is 17.4. The van der Waals surface area contributed by atoms with Gasteiger partial charge in [-0.25, -0.2) is 0 Å². The first-order valence-corrected chi connectivity index (χ1v) is 17.8. The molecule has 0 aliphatic heterocycles. The van der Waals surface area contributed by atoms with E-state index in [2.05, 4.69) is 68.9 Å². The van der Waals surface area contributed by atoms with Gasteiger partial charge in [0.05, 0.1) is 5.92 Å². The van der Waals surface area contributed by atoms with Crippen LogP contribution in [0, 0.1) is 79.8 Å². The average Bonchev–Trinajstić information content (AvgIpc) is 3.30. The zero-order valence-corrected chi connectivity index (χ0v) is 28.6. The Morgan fingerprint density at radius 2 is 1.48 bits per heavy atom. The predicted octanol–water partition coefficient (Wildman–Crippen LogP) is 9.99. The standard InChI is InChI=1S/C39H62O3/c1-23(2)26-14-18-39(31(40)22-25-21-28(33(41)42)35(25,6)7)20-19-37(9)27(32(26)39)11-12-30-36(8)16-13-24(3)34(4,5)29(36)15-17-38(30,37)10/h24-30,32H,1,11-22H2,2-10H3,(H,41,42)/t24-,25-,26-,27+,28+,29-,30+,32+,36-,37+,38+,39+/m0/s1. The maximum absolute atomic E-state index is 14.6. The molecule has 0 saturated heterocycles. The number of carboxylic acids is 1. The summed E-state index contributed by atoms with van der Waals surface area (Å²) in [6.07, 6.45) is 13.6. The zero-order chi connectivity index (χ0) is 30.8. The van der Waals surface area contributed by atoms with Crippen LogP contribution < -0.4 is 0 Å². The van der Waals surface area contributed by atoms with Crippen molar-refractivity contribution in [2.45, 2.75) is 139 Å². The molecule has 0 radical (unpaired) electrons. The van der Waals surface area contributed by atoms with Gasteiger partial charge < -0.3 is 5.11 Å². The molecule has 6 aliphatic carbocycles. The van der Waals surface area contributed by atoms with Crippen molar-refractivity contribution >= 4 is 11.8 Å². The average molecular weight is 579 g/mol. The molecular formula is C39H62O3. The third kappa shape index (κ3) is 3.76. The van der Waals surface area contributed by atoms with Crippen molar-refractivity contribution in [2.24, 2.45) is 79.8 Å². The number of fused-ring (bicyclic) bond motifs is 7. The molecule has 0 unspecified atom stereocenters. The van der Waals surface area contributed by atoms with E-state index >= 15 is 0 Å². The number of carbonyl (C=O) groups excluding carboxylic acids is 1. The van der Waals surface area contributed by atoms with Gasteiger partial charge >= 0.3 is 5.97 Å². The molecule has 1 N–H and O–H groups in total. The van der Waals surface area contributed by atoms with Gasteiger partial charge in [-0.2, -0.15) is 0 Å². The molecule has 12 atom stereocenters. The van der Waals surface area contributed by atoms with E-state index in [1.54, 1.807) is 0 Å². The Balaban J connectivity index is 1.33. The molecule has 0 bridgehead atoms. The first-order valence-electron chi connectivity index (χ1n) is 17.8. The second-order valence-corrected chi connectivity index (χ2v) is 18.9. The van der Waals surface area contributed by atoms with Crippen LogP contribution in [0.5, 0.6) is 0 Å². The molecule has 0 aromatic carbocycles. The van der Waals surface area contributed by atoms with Gasteiger partial charge in [0.25, 0.3) is 0 Å². The summed E-state index contributed by atoms with van der Waals surface area (Å²) in [5, 5.41) is 9.73. The molecule has 0 spiro atoms. The summed E-state index contributed by atoms with van der Waals surface area (Å²) < 4.78 is 0. The lowest BCUT2D eigenvalue weighted by atomic mass is 9.31. The van der Waals surface area contributed by atoms with E-state index in [9.17, 15) is 14.7 Å². The molecule has 6 saturated carbocycles. The van der Waals surface area contributed by atoms with Crippen molar-refractivity contribution in [1.82, 2.24) is 0 Å². The van der Waals surface area contributed by atoms with Crippen LogP contribution in [-0.4, -0.2) is 16.9 Å². The van der Waals surface area contributed by atoms with Gasteiger partial charge in [0.2, 0.25) is 0 Å². The highest BCUT2D eigenvalue weighted by atomic mass is 16.4. The number of carboxylic acid groups (broad SMARTS) is 1. The van der Waals surface area contributed by atoms with Gasteiger partial charge in [-0.3, -0.25) is 9.59 Å². The van der Waals surface area contributed by atoms with Crippen LogP contribution in [0.15, 0.2) is 12.2 Å². The highest BCUT2D eigenvalue weighted by Gasteiger charge is 2.71. The van der Waals surface area contributed by atoms with Crippen LogP contribution in [0.3, 0.4) is 0 Å². The van der Waals surface area contributed by atoms with E-state index in [1.165, 1.54) is 50.5 Å². The first kappa shape index (κ1) is 30.9. The monoisotopic (exact) mass is 578 g/mol. The number of ketones is 1. The molecule has 0 aromatic heterocycles. The third-order valence-corrected chi connectivity index (χ3v) is 17.4. The van der Waals surface area contributed by atoms with E-state index in [0.717, 1.165) is 37.0 Å². The summed E-state index contributed by atoms with van der Waals surface area (Å²) in [5.41, 5.74) is 2.17. The largest absolute Gasteiger partial charge is 0.481 e. The van der Waals surface area contributed by atoms with Crippen molar-refractivity contribution < 1.29 is 14.7 Å². The molecule has 6 aliphatic rings. The lowest BCUT2D eigenvalue weighted by molar-refractivity contribution is -0.240. The van der Waals surface area contributed by atoms with Crippen molar-refractivity contribution in [1.29, 1.82) is 0 Å². The Morgan fingerprint density at radius 3 is 2.10 bits per heavy atom. The van der Waals surface area contributed by atoms with E-state index < -0.39 is 5.97 Å². The van der Waals surface area contributed by atoms with Crippen LogP contribution in [0.25, 0.3) is 0 Å². The molecule has 42 heavy (non-hydrogen) atoms. The lowest BCUT2D eigenvalue weighted by Gasteiger charge is -2.73. The number of rotatable bonds is 5. The van der Waals surface area contributed by atoms with Crippen LogP contribution in [-0.2, 0) is 9.59 Å². The SMILES string of the molecule is C=C(C)[C@@H]1CC[C@]2(C(=O)C[C@@H]3C[C@H](C(=O)O)C3(C)C)CC[C@]3(C)[C@H](CC[C@@H]4[C@@]5(C)CC[C@H](C)C(C)(C)[C@@H]5CC[C@]43C)[C@@H]12. The van der Waals surface area contributed by atoms with Gasteiger partial charge in [-0.15, -0.1) is 0 Å². The smallest absolute Gasteiger partial charge is 0.307 e. The molecular weight excluding hydrogens is 516 g/mol. The molecule has 6 fully saturated rings. The highest BCUT2D eigenvalue weighted by Crippen LogP contribution is 2.78. The quantitative estimate of drug-likeness (QED) is 0.330. The predicted molar refractivity (Wildman–Crippen MR) is 171 cm³/mol. The second kappa shape index (κ2) is 9.45. The van der Waals surface area contributed by atoms with Gasteiger partial charge in [0.15, 0.2) is 0 Å². The second-order valence-electron chi connectivity index (χ2n) is 18.9. The first-order chi connectivity index (χ1) is 19.4. The van der Waals surface area contributed by atoms with Crippen LogP contribution in [0.4, 0.5) is 0 Å². The van der Waals surface area contributed by atoms with Gasteiger partial charge in [-0.05, 0) is 146 Å². The molecule has 3 nitrogen and oxygen atoms in total. The Labute approximate surface area is 257 Å². The molecule has 3 heteroatoms. The number of hydrogen-bond donors (Lipinski definition) is 1. The van der Waals surface area contributed by atoms with Gasteiger partial charge in [0, 0.05) is 11.8 Å². The topological polar surface area (TPSA) is 54.4 Å². The van der Waals surface area contributed by atoms with Crippen molar-refractivity contribution in [3.8, 4) is 0 Å². The minimum atomic E-state index is -0.694. The molecule has 0 amide bonds. The van der Waals surface area contributed by atoms with Gasteiger partial charge in [0.1, 0.15) is 5.78 Å². The molecule has 236 valence electrons. The van der Waals surface area contributed by atoms with E-state index in [1.807, 2.05) is 0 Å². The summed E-state index contributed by atoms with van der Waals surface area (Å²) in [6.45, 7) is 26.7. The molecule has 6 rings (SSSR count). The number of aliphatic carboxylic acids is 1. The summed E-state index contributed by atoms with van der Waals surface area (Å²) in [4.78, 5) is 26.5. The minimum absolute atomic E-state index is 0.193. The Hall–Kier alpha value is -1.12. The summed E-state index contributed by atoms with van der Waals surface area (Å²) in [7, 11) is 0. The number of carbonyl (C=O) groups is 2. The molecule has 0 heterocycles. The zero-order valence-electron chi connectivity index (χ0n) is 28.6. The Bertz CT molecular complexity index is 1160. The number of Topliss-reactive ketones (excluding diaryl/α,β-unsaturated/α-hetero) is 1. The van der Waals surface area contributed by atoms with Gasteiger partial charge in [-0.1, -0.05) is 67.5 Å². The van der Waals surface area contributed by atoms with E-state index in [-0.39, 0.29) is 28.1 Å². The molecule has 0 aromatic rings. The van der Waals surface area contributed by atoms with Crippen LogP contribution in [0.1, 0.15) is 139 Å². The van der Waals surface area contributed by atoms with Crippen molar-refractivity contribution in [3.05, 3.63) is 12.2 Å². The van der Waals surface area contributed by atoms with Crippen molar-refractivity contribution in [2.75, 3.05) is 0 Å². The Kier molecular flexibility index (Phi) is 6.95. The van der Waals surface area contributed by atoms with E-state index in [0.29, 0.717) is 52.6 Å². The summed E-state index contributed by atoms with van der Waals surface area (Å²) in [6, 6.07) is 0. The van der Waals surface area contributed by atoms with Crippen LogP contribution >= 0.6 is 0 Å². The fraction of sp³-hybridized carbons (Fsp3) is 0.897. The van der Waals surface area contributed by atoms with Crippen LogP contribution in [0.2, 0.25) is 0 Å². The lowest BCUT2D eigenvalue weighted by Crippen LogP contribution is -2.66. The van der Waals surface area contributed by atoms with Crippen molar-refractivity contribution in [3.63, 3.8) is 0 Å². The Morgan fingerprint density at radius 1 is 0.786 bits per heavy atom. The maximum Gasteiger partial charge on any atom is 0.307 e. The normalized spacial score (nSPS) is 52.1. The number of allylic oxidation sites excluding steroid dienone is 1. The fourth-order valence-corrected chi connectivity index (χ4v) is 14.0.